The predicted octanol–water partition coefficient (Wildman–Crippen LogP) is 5.64. The highest BCUT2D eigenvalue weighted by Crippen LogP contribution is 2.38. The van der Waals surface area contributed by atoms with E-state index in [0.717, 1.165) is 11.8 Å². The van der Waals surface area contributed by atoms with Gasteiger partial charge >= 0.3 is 5.97 Å². The van der Waals surface area contributed by atoms with E-state index in [1.807, 2.05) is 0 Å². The number of anilines is 1. The van der Waals surface area contributed by atoms with Crippen molar-refractivity contribution >= 4 is 46.3 Å². The first kappa shape index (κ1) is 24.9. The van der Waals surface area contributed by atoms with Crippen molar-refractivity contribution in [1.82, 2.24) is 0 Å². The Labute approximate surface area is 209 Å². The molecule has 0 spiro atoms. The quantitative estimate of drug-likeness (QED) is 0.395. The predicted molar refractivity (Wildman–Crippen MR) is 134 cm³/mol. The number of carbonyl (C=O) groups is 2. The van der Waals surface area contributed by atoms with Gasteiger partial charge < -0.3 is 14.6 Å². The lowest BCUT2D eigenvalue weighted by atomic mass is 10.1. The number of amides is 1. The van der Waals surface area contributed by atoms with Gasteiger partial charge in [0.2, 0.25) is 0 Å². The Morgan fingerprint density at radius 1 is 1.00 bits per heavy atom. The number of amidine groups is 1. The maximum atomic E-state index is 13.5. The summed E-state index contributed by atoms with van der Waals surface area (Å²) in [5.74, 6) is -1.76. The summed E-state index contributed by atoms with van der Waals surface area (Å²) in [6.45, 7) is 1.58. The first-order chi connectivity index (χ1) is 17.3. The molecule has 3 aromatic rings. The Morgan fingerprint density at radius 3 is 2.31 bits per heavy atom. The number of rotatable bonds is 8. The van der Waals surface area contributed by atoms with Gasteiger partial charge in [-0.25, -0.2) is 18.6 Å². The highest BCUT2D eigenvalue weighted by molar-refractivity contribution is 8.19. The Balaban J connectivity index is 1.71. The van der Waals surface area contributed by atoms with Crippen molar-refractivity contribution in [2.75, 3.05) is 18.1 Å². The lowest BCUT2D eigenvalue weighted by molar-refractivity contribution is -0.139. The van der Waals surface area contributed by atoms with Crippen LogP contribution < -0.4 is 14.4 Å². The van der Waals surface area contributed by atoms with Crippen molar-refractivity contribution in [3.63, 3.8) is 0 Å². The largest absolute Gasteiger partial charge is 0.490 e. The van der Waals surface area contributed by atoms with Gasteiger partial charge in [-0.05, 0) is 91.0 Å². The van der Waals surface area contributed by atoms with Crippen LogP contribution in [0, 0.1) is 11.6 Å². The molecule has 36 heavy (non-hydrogen) atoms. The number of halogens is 2. The van der Waals surface area contributed by atoms with Crippen molar-refractivity contribution in [2.45, 2.75) is 6.92 Å². The monoisotopic (exact) mass is 510 g/mol. The highest BCUT2D eigenvalue weighted by atomic mass is 32.2. The number of aliphatic carboxylic acids is 1. The molecule has 184 valence electrons. The maximum absolute atomic E-state index is 13.5. The molecule has 0 aliphatic carbocycles. The van der Waals surface area contributed by atoms with Crippen LogP contribution in [-0.4, -0.2) is 35.4 Å². The second-order valence-corrected chi connectivity index (χ2v) is 8.43. The summed E-state index contributed by atoms with van der Waals surface area (Å²) >= 11 is 1.11. The van der Waals surface area contributed by atoms with Gasteiger partial charge in [-0.15, -0.1) is 0 Å². The van der Waals surface area contributed by atoms with Gasteiger partial charge in [0.05, 0.1) is 22.9 Å². The van der Waals surface area contributed by atoms with Crippen LogP contribution >= 0.6 is 11.8 Å². The Bertz CT molecular complexity index is 1340. The normalized spacial score (nSPS) is 15.5. The van der Waals surface area contributed by atoms with Crippen molar-refractivity contribution in [2.24, 2.45) is 4.99 Å². The summed E-state index contributed by atoms with van der Waals surface area (Å²) in [4.78, 5) is 30.4. The number of nitrogens with zero attached hydrogens (tertiary/aromatic N) is 2. The minimum absolute atomic E-state index is 0.262. The first-order valence-corrected chi connectivity index (χ1v) is 11.6. The number of carboxylic acids is 1. The summed E-state index contributed by atoms with van der Waals surface area (Å²) in [5.41, 5.74) is 1.48. The van der Waals surface area contributed by atoms with Crippen molar-refractivity contribution in [3.8, 4) is 11.5 Å². The second-order valence-electron chi connectivity index (χ2n) is 7.42. The lowest BCUT2D eigenvalue weighted by Gasteiger charge is -2.15. The van der Waals surface area contributed by atoms with Crippen LogP contribution in [0.5, 0.6) is 11.5 Å². The van der Waals surface area contributed by atoms with Gasteiger partial charge in [0.15, 0.2) is 23.3 Å². The van der Waals surface area contributed by atoms with Crippen molar-refractivity contribution < 1.29 is 33.0 Å². The van der Waals surface area contributed by atoms with Crippen molar-refractivity contribution in [1.29, 1.82) is 0 Å². The van der Waals surface area contributed by atoms with Gasteiger partial charge in [-0.2, -0.15) is 0 Å². The molecule has 7 nitrogen and oxygen atoms in total. The molecule has 3 aromatic carbocycles. The molecule has 0 radical (unpaired) electrons. The number of carboxylic acid groups (broad SMARTS) is 1. The molecule has 1 heterocycles. The molecule has 1 fully saturated rings. The van der Waals surface area contributed by atoms with E-state index in [0.29, 0.717) is 39.4 Å². The smallest absolute Gasteiger partial charge is 0.341 e. The number of ether oxygens (including phenoxy) is 2. The molecule has 0 atom stereocenters. The number of benzene rings is 3. The Hall–Kier alpha value is -4.18. The van der Waals surface area contributed by atoms with Crippen LogP contribution in [0.1, 0.15) is 12.5 Å². The topological polar surface area (TPSA) is 88.4 Å². The van der Waals surface area contributed by atoms with E-state index in [9.17, 15) is 18.4 Å². The highest BCUT2D eigenvalue weighted by Gasteiger charge is 2.35. The van der Waals surface area contributed by atoms with Crippen LogP contribution in [-0.2, 0) is 9.59 Å². The molecule has 1 N–H and O–H groups in total. The van der Waals surface area contributed by atoms with Crippen LogP contribution in [0.4, 0.5) is 20.2 Å². The second kappa shape index (κ2) is 11.0. The molecule has 0 unspecified atom stereocenters. The SMILES string of the molecule is CCOc1cc(/C=C2/SC(=Nc3ccc(F)cc3)N(c3ccc(F)cc3)C2=O)ccc1OCC(=O)O. The van der Waals surface area contributed by atoms with E-state index in [4.69, 9.17) is 14.6 Å². The van der Waals surface area contributed by atoms with Crippen molar-refractivity contribution in [3.05, 3.63) is 88.8 Å². The van der Waals surface area contributed by atoms with E-state index in [-0.39, 0.29) is 11.7 Å². The Kier molecular flexibility index (Phi) is 7.65. The molecule has 0 saturated carbocycles. The minimum Gasteiger partial charge on any atom is -0.490 e. The fourth-order valence-corrected chi connectivity index (χ4v) is 4.29. The van der Waals surface area contributed by atoms with Gasteiger partial charge in [0.1, 0.15) is 11.6 Å². The van der Waals surface area contributed by atoms with Crippen LogP contribution in [0.25, 0.3) is 6.08 Å². The van der Waals surface area contributed by atoms with Crippen LogP contribution in [0.15, 0.2) is 76.6 Å². The van der Waals surface area contributed by atoms with E-state index < -0.39 is 24.2 Å². The third-order valence-corrected chi connectivity index (χ3v) is 5.83. The fourth-order valence-electron chi connectivity index (χ4n) is 3.29. The number of thioether (sulfide) groups is 1. The van der Waals surface area contributed by atoms with Gasteiger partial charge in [0, 0.05) is 0 Å². The van der Waals surface area contributed by atoms with E-state index in [1.54, 1.807) is 31.2 Å². The molecule has 1 aliphatic heterocycles. The van der Waals surface area contributed by atoms with Gasteiger partial charge in [-0.3, -0.25) is 9.69 Å². The van der Waals surface area contributed by atoms with E-state index >= 15 is 0 Å². The average Bonchev–Trinajstić information content (AvgIpc) is 3.15. The summed E-state index contributed by atoms with van der Waals surface area (Å²) in [6, 6.07) is 15.8. The molecular weight excluding hydrogens is 490 g/mol. The molecular formula is C26H20F2N2O5S. The molecule has 1 aliphatic rings. The zero-order valence-electron chi connectivity index (χ0n) is 19.0. The molecule has 4 rings (SSSR count). The van der Waals surface area contributed by atoms with E-state index in [1.165, 1.54) is 53.4 Å². The minimum atomic E-state index is -1.12. The zero-order valence-corrected chi connectivity index (χ0v) is 19.8. The molecule has 10 heteroatoms. The lowest BCUT2D eigenvalue weighted by Crippen LogP contribution is -2.28. The summed E-state index contributed by atoms with van der Waals surface area (Å²) in [6.07, 6.45) is 1.64. The number of aliphatic imine (C=N–C) groups is 1. The summed E-state index contributed by atoms with van der Waals surface area (Å²) in [5, 5.41) is 9.19. The molecule has 0 bridgehead atoms. The molecule has 1 amide bonds. The molecule has 1 saturated heterocycles. The average molecular weight is 511 g/mol. The standard InChI is InChI=1S/C26H20F2N2O5S/c1-2-34-22-13-16(3-12-21(22)35-15-24(31)32)14-23-25(33)30(20-10-6-18(28)7-11-20)26(36-23)29-19-8-4-17(27)5-9-19/h3-14H,2,15H2,1H3,(H,31,32)/b23-14+,29-26?. The first-order valence-electron chi connectivity index (χ1n) is 10.8. The number of hydrogen-bond donors (Lipinski definition) is 1. The third kappa shape index (κ3) is 5.89. The summed E-state index contributed by atoms with van der Waals surface area (Å²) in [7, 11) is 0. The van der Waals surface area contributed by atoms with Gasteiger partial charge in [-0.1, -0.05) is 6.07 Å². The van der Waals surface area contributed by atoms with Gasteiger partial charge in [0.25, 0.3) is 5.91 Å². The number of hydrogen-bond acceptors (Lipinski definition) is 6. The summed E-state index contributed by atoms with van der Waals surface area (Å²) < 4.78 is 37.7. The van der Waals surface area contributed by atoms with Crippen LogP contribution in [0.3, 0.4) is 0 Å². The van der Waals surface area contributed by atoms with E-state index in [2.05, 4.69) is 4.99 Å². The number of carbonyl (C=O) groups excluding carboxylic acids is 1. The van der Waals surface area contributed by atoms with Crippen LogP contribution in [0.2, 0.25) is 0 Å². The molecule has 0 aromatic heterocycles. The Morgan fingerprint density at radius 2 is 1.67 bits per heavy atom. The zero-order chi connectivity index (χ0) is 25.7. The third-order valence-electron chi connectivity index (χ3n) is 4.86. The maximum Gasteiger partial charge on any atom is 0.341 e. The fraction of sp³-hybridized carbons (Fsp3) is 0.115.